The summed E-state index contributed by atoms with van der Waals surface area (Å²) >= 11 is 0. The fourth-order valence-corrected chi connectivity index (χ4v) is 4.61. The van der Waals surface area contributed by atoms with Gasteiger partial charge >= 0.3 is 0 Å². The van der Waals surface area contributed by atoms with Crippen LogP contribution in [0.2, 0.25) is 0 Å². The molecule has 124 valence electrons. The lowest BCUT2D eigenvalue weighted by atomic mass is 9.91. The van der Waals surface area contributed by atoms with Crippen molar-refractivity contribution in [1.82, 2.24) is 20.3 Å². The smallest absolute Gasteiger partial charge is 0.273 e. The lowest BCUT2D eigenvalue weighted by Gasteiger charge is -2.15. The summed E-state index contributed by atoms with van der Waals surface area (Å²) in [5.41, 5.74) is -0.108. The molecule has 1 N–H and O–H groups in total. The van der Waals surface area contributed by atoms with Crippen molar-refractivity contribution in [3.05, 3.63) is 11.9 Å². The van der Waals surface area contributed by atoms with E-state index in [0.717, 1.165) is 11.8 Å². The fraction of sp³-hybridized carbons (Fsp3) is 0.765. The Morgan fingerprint density at radius 3 is 2.52 bits per heavy atom. The average Bonchev–Trinajstić information content (AvgIpc) is 2.91. The Morgan fingerprint density at radius 2 is 1.91 bits per heavy atom. The standard InChI is InChI=1S/C17H24N4O2/c1-17(2,3)12(22)8-21-7-11(19-20-21)16(23)18-15-13-9-4-5-10(6-9)14(13)15/h7,9-10,13-15H,4-6,8H2,1-3H3,(H,18,23). The van der Waals surface area contributed by atoms with E-state index in [4.69, 9.17) is 0 Å². The Balaban J connectivity index is 1.36. The Hall–Kier alpha value is -1.72. The highest BCUT2D eigenvalue weighted by molar-refractivity contribution is 5.92. The van der Waals surface area contributed by atoms with Crippen molar-refractivity contribution in [3.63, 3.8) is 0 Å². The van der Waals surface area contributed by atoms with Crippen molar-refractivity contribution in [2.24, 2.45) is 29.1 Å². The fourth-order valence-electron chi connectivity index (χ4n) is 4.61. The minimum absolute atomic E-state index is 0.0719. The van der Waals surface area contributed by atoms with Gasteiger partial charge in [0.1, 0.15) is 6.54 Å². The summed E-state index contributed by atoms with van der Waals surface area (Å²) in [7, 11) is 0. The first-order valence-electron chi connectivity index (χ1n) is 8.59. The first-order valence-corrected chi connectivity index (χ1v) is 8.59. The molecule has 3 aliphatic carbocycles. The van der Waals surface area contributed by atoms with Crippen LogP contribution in [0.25, 0.3) is 0 Å². The molecule has 0 radical (unpaired) electrons. The SMILES string of the molecule is CC(C)(C)C(=O)Cn1cc(C(=O)NC2C3C4CCC(C4)C23)nn1. The maximum atomic E-state index is 12.3. The van der Waals surface area contributed by atoms with Crippen LogP contribution >= 0.6 is 0 Å². The molecule has 23 heavy (non-hydrogen) atoms. The van der Waals surface area contributed by atoms with Crippen LogP contribution < -0.4 is 5.32 Å². The predicted molar refractivity (Wildman–Crippen MR) is 83.5 cm³/mol. The molecule has 0 aromatic carbocycles. The zero-order valence-electron chi connectivity index (χ0n) is 14.0. The van der Waals surface area contributed by atoms with E-state index in [1.165, 1.54) is 23.9 Å². The lowest BCUT2D eigenvalue weighted by molar-refractivity contribution is -0.127. The molecule has 6 heteroatoms. The largest absolute Gasteiger partial charge is 0.347 e. The molecule has 1 heterocycles. The number of aromatic nitrogens is 3. The highest BCUT2D eigenvalue weighted by Crippen LogP contribution is 2.65. The second-order valence-electron chi connectivity index (χ2n) is 8.46. The molecular weight excluding hydrogens is 292 g/mol. The molecule has 2 bridgehead atoms. The number of carbonyl (C=O) groups excluding carboxylic acids is 2. The third-order valence-corrected chi connectivity index (χ3v) is 5.95. The number of rotatable bonds is 4. The maximum absolute atomic E-state index is 12.3. The topological polar surface area (TPSA) is 76.9 Å². The molecule has 1 aromatic rings. The second kappa shape index (κ2) is 4.89. The monoisotopic (exact) mass is 316 g/mol. The van der Waals surface area contributed by atoms with Gasteiger partial charge in [0, 0.05) is 11.5 Å². The Bertz CT molecular complexity index is 644. The molecule has 0 spiro atoms. The summed E-state index contributed by atoms with van der Waals surface area (Å²) in [5, 5.41) is 11.0. The normalized spacial score (nSPS) is 34.3. The van der Waals surface area contributed by atoms with Gasteiger partial charge in [-0.05, 0) is 42.9 Å². The first-order chi connectivity index (χ1) is 10.8. The van der Waals surface area contributed by atoms with Crippen molar-refractivity contribution in [1.29, 1.82) is 0 Å². The van der Waals surface area contributed by atoms with Gasteiger partial charge < -0.3 is 5.32 Å². The van der Waals surface area contributed by atoms with Crippen LogP contribution in [0, 0.1) is 29.1 Å². The van der Waals surface area contributed by atoms with Crippen molar-refractivity contribution < 1.29 is 9.59 Å². The number of nitrogens with zero attached hydrogens (tertiary/aromatic N) is 3. The molecule has 1 amide bonds. The zero-order valence-corrected chi connectivity index (χ0v) is 14.0. The molecule has 3 aliphatic rings. The Morgan fingerprint density at radius 1 is 1.26 bits per heavy atom. The van der Waals surface area contributed by atoms with Gasteiger partial charge in [0.15, 0.2) is 11.5 Å². The highest BCUT2D eigenvalue weighted by atomic mass is 16.2. The second-order valence-corrected chi connectivity index (χ2v) is 8.46. The van der Waals surface area contributed by atoms with E-state index in [2.05, 4.69) is 15.6 Å². The number of fused-ring (bicyclic) bond motifs is 5. The maximum Gasteiger partial charge on any atom is 0.273 e. The van der Waals surface area contributed by atoms with Gasteiger partial charge in [0.05, 0.1) is 6.20 Å². The molecular formula is C17H24N4O2. The number of carbonyl (C=O) groups is 2. The van der Waals surface area contributed by atoms with Crippen molar-refractivity contribution >= 4 is 11.7 Å². The molecule has 4 rings (SSSR count). The molecule has 1 aromatic heterocycles. The summed E-state index contributed by atoms with van der Waals surface area (Å²) < 4.78 is 1.46. The van der Waals surface area contributed by atoms with Gasteiger partial charge in [-0.15, -0.1) is 5.10 Å². The molecule has 4 unspecified atom stereocenters. The van der Waals surface area contributed by atoms with Crippen molar-refractivity contribution in [2.45, 2.75) is 52.6 Å². The molecule has 0 saturated heterocycles. The number of ketones is 1. The number of nitrogens with one attached hydrogen (secondary N) is 1. The van der Waals surface area contributed by atoms with Gasteiger partial charge in [0.25, 0.3) is 5.91 Å². The quantitative estimate of drug-likeness (QED) is 0.916. The number of amides is 1. The van der Waals surface area contributed by atoms with Crippen LogP contribution in [0.5, 0.6) is 0 Å². The van der Waals surface area contributed by atoms with E-state index in [0.29, 0.717) is 23.6 Å². The number of hydrogen-bond acceptors (Lipinski definition) is 4. The Kier molecular flexibility index (Phi) is 3.15. The number of Topliss-reactive ketones (excluding diaryl/α,β-unsaturated/α-hetero) is 1. The zero-order chi connectivity index (χ0) is 16.4. The average molecular weight is 316 g/mol. The van der Waals surface area contributed by atoms with Crippen LogP contribution in [0.4, 0.5) is 0 Å². The van der Waals surface area contributed by atoms with E-state index in [-0.39, 0.29) is 18.2 Å². The third kappa shape index (κ3) is 2.48. The highest BCUT2D eigenvalue weighted by Gasteiger charge is 2.65. The minimum atomic E-state index is -0.418. The molecule has 6 nitrogen and oxygen atoms in total. The van der Waals surface area contributed by atoms with Crippen molar-refractivity contribution in [3.8, 4) is 0 Å². The summed E-state index contributed by atoms with van der Waals surface area (Å²) in [4.78, 5) is 24.4. The Labute approximate surface area is 136 Å². The van der Waals surface area contributed by atoms with Crippen LogP contribution in [0.15, 0.2) is 6.20 Å². The van der Waals surface area contributed by atoms with E-state index in [9.17, 15) is 9.59 Å². The van der Waals surface area contributed by atoms with E-state index in [1.54, 1.807) is 6.20 Å². The number of hydrogen-bond donors (Lipinski definition) is 1. The van der Waals surface area contributed by atoms with Gasteiger partial charge in [-0.3, -0.25) is 9.59 Å². The minimum Gasteiger partial charge on any atom is -0.347 e. The van der Waals surface area contributed by atoms with Gasteiger partial charge in [-0.2, -0.15) is 0 Å². The van der Waals surface area contributed by atoms with E-state index < -0.39 is 5.41 Å². The molecule has 4 atom stereocenters. The van der Waals surface area contributed by atoms with Crippen LogP contribution in [0.1, 0.15) is 50.5 Å². The van der Waals surface area contributed by atoms with Crippen LogP contribution in [-0.4, -0.2) is 32.7 Å². The summed E-state index contributed by atoms with van der Waals surface area (Å²) in [6.07, 6.45) is 5.62. The molecule has 0 aliphatic heterocycles. The van der Waals surface area contributed by atoms with Crippen LogP contribution in [0.3, 0.4) is 0 Å². The first kappa shape index (κ1) is 14.8. The predicted octanol–water partition coefficient (Wildman–Crippen LogP) is 1.67. The van der Waals surface area contributed by atoms with Gasteiger partial charge in [-0.1, -0.05) is 26.0 Å². The lowest BCUT2D eigenvalue weighted by Crippen LogP contribution is -2.30. The van der Waals surface area contributed by atoms with Gasteiger partial charge in [0.2, 0.25) is 0 Å². The van der Waals surface area contributed by atoms with Gasteiger partial charge in [-0.25, -0.2) is 4.68 Å². The van der Waals surface area contributed by atoms with E-state index in [1.807, 2.05) is 20.8 Å². The summed E-state index contributed by atoms with van der Waals surface area (Å²) in [5.74, 6) is 2.98. The summed E-state index contributed by atoms with van der Waals surface area (Å²) in [6, 6.07) is 0.343. The third-order valence-electron chi connectivity index (χ3n) is 5.95. The van der Waals surface area contributed by atoms with Crippen LogP contribution in [-0.2, 0) is 11.3 Å². The molecule has 3 saturated carbocycles. The molecule has 3 fully saturated rings. The van der Waals surface area contributed by atoms with Crippen molar-refractivity contribution in [2.75, 3.05) is 0 Å². The summed E-state index contributed by atoms with van der Waals surface area (Å²) in [6.45, 7) is 5.78. The van der Waals surface area contributed by atoms with E-state index >= 15 is 0 Å².